The Hall–Kier alpha value is -2.61. The first-order valence-corrected chi connectivity index (χ1v) is 11.5. The van der Waals surface area contributed by atoms with Crippen LogP contribution in [0.4, 0.5) is 23.2 Å². The third kappa shape index (κ3) is 5.32. The lowest BCUT2D eigenvalue weighted by Crippen LogP contribution is -2.17. The van der Waals surface area contributed by atoms with Crippen LogP contribution in [0.2, 0.25) is 5.02 Å². The number of alkyl halides is 4. The van der Waals surface area contributed by atoms with Crippen molar-refractivity contribution in [3.05, 3.63) is 99.6 Å². The van der Waals surface area contributed by atoms with Gasteiger partial charge in [0.2, 0.25) is 5.91 Å². The summed E-state index contributed by atoms with van der Waals surface area (Å²) in [6.07, 6.45) is -2.99. The number of Topliss-reactive ketones (excluding diaryl/α,β-unsaturated/α-hetero) is 1. The van der Waals surface area contributed by atoms with Crippen molar-refractivity contribution >= 4 is 52.2 Å². The summed E-state index contributed by atoms with van der Waals surface area (Å²) in [5.41, 5.74) is 0.628. The molecule has 3 nitrogen and oxygen atoms in total. The molecule has 0 heterocycles. The van der Waals surface area contributed by atoms with Gasteiger partial charge in [-0.05, 0) is 35.4 Å². The number of carbonyl (C=O) groups excluding carboxylic acids is 2. The summed E-state index contributed by atoms with van der Waals surface area (Å²) in [6, 6.07) is 12.5. The van der Waals surface area contributed by atoms with Crippen LogP contribution in [0.1, 0.15) is 39.4 Å². The van der Waals surface area contributed by atoms with E-state index in [1.54, 1.807) is 0 Å². The maximum absolute atomic E-state index is 13.9. The van der Waals surface area contributed by atoms with Crippen LogP contribution in [0.15, 0.2) is 60.7 Å². The van der Waals surface area contributed by atoms with E-state index >= 15 is 0 Å². The van der Waals surface area contributed by atoms with Gasteiger partial charge in [0.25, 0.3) is 6.43 Å². The molecule has 182 valence electrons. The maximum atomic E-state index is 13.9. The van der Waals surface area contributed by atoms with Gasteiger partial charge in [-0.3, -0.25) is 9.59 Å². The molecule has 1 fully saturated rings. The Bertz CT molecular complexity index is 1300. The molecule has 0 bridgehead atoms. The van der Waals surface area contributed by atoms with Crippen LogP contribution in [-0.4, -0.2) is 16.0 Å². The number of hydrogen-bond donors (Lipinski definition) is 1. The highest BCUT2D eigenvalue weighted by Crippen LogP contribution is 2.65. The number of hydrogen-bond acceptors (Lipinski definition) is 2. The summed E-state index contributed by atoms with van der Waals surface area (Å²) in [6.45, 7) is 0. The van der Waals surface area contributed by atoms with Gasteiger partial charge in [-0.25, -0.2) is 17.6 Å². The zero-order valence-electron chi connectivity index (χ0n) is 17.7. The van der Waals surface area contributed by atoms with E-state index in [4.69, 9.17) is 34.8 Å². The fraction of sp³-hybridized carbons (Fsp3) is 0.200. The number of anilines is 1. The second-order valence-corrected chi connectivity index (χ2v) is 9.97. The zero-order chi connectivity index (χ0) is 25.5. The maximum Gasteiger partial charge on any atom is 0.263 e. The monoisotopic (exact) mass is 543 g/mol. The summed E-state index contributed by atoms with van der Waals surface area (Å²) >= 11 is 18.8. The number of benzene rings is 3. The Morgan fingerprint density at radius 1 is 0.971 bits per heavy atom. The molecule has 1 aliphatic carbocycles. The molecule has 1 aliphatic rings. The lowest BCUT2D eigenvalue weighted by atomic mass is 10.0. The van der Waals surface area contributed by atoms with E-state index in [0.29, 0.717) is 11.6 Å². The Balaban J connectivity index is 1.49. The molecule has 2 atom stereocenters. The molecule has 3 aromatic carbocycles. The van der Waals surface area contributed by atoms with E-state index in [-0.39, 0.29) is 33.8 Å². The lowest BCUT2D eigenvalue weighted by Gasteiger charge is -2.10. The van der Waals surface area contributed by atoms with Crippen molar-refractivity contribution in [2.75, 3.05) is 5.32 Å². The van der Waals surface area contributed by atoms with Gasteiger partial charge in [-0.1, -0.05) is 41.9 Å². The van der Waals surface area contributed by atoms with Crippen molar-refractivity contribution in [1.29, 1.82) is 0 Å². The van der Waals surface area contributed by atoms with E-state index in [1.807, 2.05) is 0 Å². The van der Waals surface area contributed by atoms with Gasteiger partial charge in [0, 0.05) is 35.2 Å². The third-order valence-electron chi connectivity index (χ3n) is 5.78. The van der Waals surface area contributed by atoms with Gasteiger partial charge >= 0.3 is 0 Å². The van der Waals surface area contributed by atoms with Crippen molar-refractivity contribution in [3.63, 3.8) is 0 Å². The molecular formula is C25H16Cl3F4NO2. The Morgan fingerprint density at radius 2 is 1.66 bits per heavy atom. The fourth-order valence-electron chi connectivity index (χ4n) is 3.89. The molecule has 0 radical (unpaired) electrons. The van der Waals surface area contributed by atoms with Crippen LogP contribution in [0.25, 0.3) is 0 Å². The lowest BCUT2D eigenvalue weighted by molar-refractivity contribution is -0.117. The number of carbonyl (C=O) groups is 2. The van der Waals surface area contributed by atoms with Crippen molar-refractivity contribution in [1.82, 2.24) is 0 Å². The molecule has 35 heavy (non-hydrogen) atoms. The number of halogens is 7. The predicted molar refractivity (Wildman–Crippen MR) is 127 cm³/mol. The summed E-state index contributed by atoms with van der Waals surface area (Å²) < 4.78 is 51.2. The highest BCUT2D eigenvalue weighted by Gasteiger charge is 2.67. The molecule has 0 saturated heterocycles. The molecule has 1 amide bonds. The van der Waals surface area contributed by atoms with E-state index in [9.17, 15) is 27.2 Å². The summed E-state index contributed by atoms with van der Waals surface area (Å²) in [5, 5.41) is 2.72. The first-order chi connectivity index (χ1) is 16.5. The third-order valence-corrected chi connectivity index (χ3v) is 7.05. The van der Waals surface area contributed by atoms with Crippen LogP contribution in [0.3, 0.4) is 0 Å². The Labute approximate surface area is 213 Å². The van der Waals surface area contributed by atoms with E-state index in [1.165, 1.54) is 48.5 Å². The van der Waals surface area contributed by atoms with E-state index in [2.05, 4.69) is 5.32 Å². The molecule has 0 aliphatic heterocycles. The van der Waals surface area contributed by atoms with E-state index < -0.39 is 45.9 Å². The van der Waals surface area contributed by atoms with E-state index in [0.717, 1.165) is 6.07 Å². The minimum Gasteiger partial charge on any atom is -0.326 e. The summed E-state index contributed by atoms with van der Waals surface area (Å²) in [5.74, 6) is -4.19. The molecule has 1 N–H and O–H groups in total. The standard InChI is InChI=1S/C25H16Cl3F4NO2/c26-18-8-7-16(11-17(18)20(34)9-14-5-6-15(29)10-19(14)30)33-24(35)22-21(25(22,27)28)12-1-3-13(4-2-12)23(31)32/h1-8,10-11,21-23H,9H2,(H,33,35). The van der Waals surface area contributed by atoms with Crippen LogP contribution >= 0.6 is 34.8 Å². The number of ketones is 1. The molecule has 0 spiro atoms. The first-order valence-electron chi connectivity index (χ1n) is 10.3. The molecule has 2 unspecified atom stereocenters. The van der Waals surface area contributed by atoms with Crippen LogP contribution in [-0.2, 0) is 11.2 Å². The quantitative estimate of drug-likeness (QED) is 0.190. The summed E-state index contributed by atoms with van der Waals surface area (Å²) in [7, 11) is 0. The van der Waals surface area contributed by atoms with Crippen LogP contribution in [0, 0.1) is 17.6 Å². The summed E-state index contributed by atoms with van der Waals surface area (Å²) in [4.78, 5) is 25.6. The molecular weight excluding hydrogens is 529 g/mol. The molecule has 0 aromatic heterocycles. The average molecular weight is 545 g/mol. The fourth-order valence-corrected chi connectivity index (χ4v) is 4.94. The SMILES string of the molecule is O=C(Cc1ccc(F)cc1F)c1cc(NC(=O)C2C(c3ccc(C(F)F)cc3)C2(Cl)Cl)ccc1Cl. The zero-order valence-corrected chi connectivity index (χ0v) is 19.9. The van der Waals surface area contributed by atoms with Gasteiger partial charge in [0.05, 0.1) is 10.9 Å². The van der Waals surface area contributed by atoms with Crippen LogP contribution in [0.5, 0.6) is 0 Å². The van der Waals surface area contributed by atoms with Gasteiger partial charge in [0.15, 0.2) is 5.78 Å². The minimum atomic E-state index is -2.62. The smallest absolute Gasteiger partial charge is 0.263 e. The first kappa shape index (κ1) is 25.5. The van der Waals surface area contributed by atoms with Gasteiger partial charge in [-0.2, -0.15) is 0 Å². The van der Waals surface area contributed by atoms with Gasteiger partial charge in [-0.15, -0.1) is 23.2 Å². The number of nitrogens with one attached hydrogen (secondary N) is 1. The second kappa shape index (κ2) is 9.80. The second-order valence-electron chi connectivity index (χ2n) is 8.12. The predicted octanol–water partition coefficient (Wildman–Crippen LogP) is 7.51. The molecule has 4 rings (SSSR count). The Kier molecular flexibility index (Phi) is 7.13. The minimum absolute atomic E-state index is 0.00495. The van der Waals surface area contributed by atoms with Crippen molar-refractivity contribution < 1.29 is 27.2 Å². The van der Waals surface area contributed by atoms with Crippen molar-refractivity contribution in [3.8, 4) is 0 Å². The highest BCUT2D eigenvalue weighted by atomic mass is 35.5. The van der Waals surface area contributed by atoms with Crippen molar-refractivity contribution in [2.24, 2.45) is 5.92 Å². The molecule has 3 aromatic rings. The normalized spacial score (nSPS) is 18.4. The van der Waals surface area contributed by atoms with Crippen molar-refractivity contribution in [2.45, 2.75) is 23.1 Å². The number of rotatable bonds is 7. The largest absolute Gasteiger partial charge is 0.326 e. The highest BCUT2D eigenvalue weighted by molar-refractivity contribution is 6.53. The van der Waals surface area contributed by atoms with Gasteiger partial charge < -0.3 is 5.32 Å². The molecule has 10 heteroatoms. The van der Waals surface area contributed by atoms with Crippen LogP contribution < -0.4 is 5.32 Å². The molecule has 1 saturated carbocycles. The van der Waals surface area contributed by atoms with Gasteiger partial charge in [0.1, 0.15) is 16.0 Å². The Morgan fingerprint density at radius 3 is 2.29 bits per heavy atom. The number of amides is 1. The average Bonchev–Trinajstić information content (AvgIpc) is 3.38. The topological polar surface area (TPSA) is 46.2 Å².